The van der Waals surface area contributed by atoms with E-state index < -0.39 is 12.6 Å². The van der Waals surface area contributed by atoms with Crippen LogP contribution in [0.3, 0.4) is 0 Å². The molecule has 0 N–H and O–H groups in total. The number of benzene rings is 1. The van der Waals surface area contributed by atoms with Gasteiger partial charge in [0.15, 0.2) is 0 Å². The van der Waals surface area contributed by atoms with E-state index in [4.69, 9.17) is 11.6 Å². The minimum absolute atomic E-state index is 0.450. The average molecular weight is 221 g/mol. The van der Waals surface area contributed by atoms with Crippen LogP contribution >= 0.6 is 11.6 Å². The highest BCUT2D eigenvalue weighted by molar-refractivity contribution is 6.32. The van der Waals surface area contributed by atoms with Gasteiger partial charge >= 0.3 is 6.18 Å². The zero-order chi connectivity index (χ0) is 10.6. The number of alkyl halides is 3. The standard InChI is InChI=1S/C10H8ClF3/c11-9-6-2-1-4-8(9)5-3-7-10(12,13)14/h1-6H,7H2. The molecule has 0 nitrogen and oxygen atoms in total. The number of halogens is 4. The van der Waals surface area contributed by atoms with Gasteiger partial charge in [-0.2, -0.15) is 13.2 Å². The Labute approximate surface area is 85.0 Å². The minimum Gasteiger partial charge on any atom is -0.171 e. The maximum absolute atomic E-state index is 11.8. The van der Waals surface area contributed by atoms with E-state index in [1.165, 1.54) is 6.08 Å². The minimum atomic E-state index is -4.16. The van der Waals surface area contributed by atoms with Crippen molar-refractivity contribution in [2.45, 2.75) is 12.6 Å². The second kappa shape index (κ2) is 4.51. The van der Waals surface area contributed by atoms with Crippen LogP contribution < -0.4 is 0 Å². The Balaban J connectivity index is 2.65. The van der Waals surface area contributed by atoms with Crippen molar-refractivity contribution in [3.8, 4) is 0 Å². The van der Waals surface area contributed by atoms with Crippen molar-refractivity contribution in [1.82, 2.24) is 0 Å². The van der Waals surface area contributed by atoms with E-state index in [0.29, 0.717) is 10.6 Å². The third-order valence-corrected chi connectivity index (χ3v) is 1.90. The summed E-state index contributed by atoms with van der Waals surface area (Å²) in [5.74, 6) is 0. The summed E-state index contributed by atoms with van der Waals surface area (Å²) < 4.78 is 35.3. The van der Waals surface area contributed by atoms with Crippen molar-refractivity contribution in [3.05, 3.63) is 40.9 Å². The predicted octanol–water partition coefficient (Wildman–Crippen LogP) is 4.31. The van der Waals surface area contributed by atoms with Gasteiger partial charge in [0.2, 0.25) is 0 Å². The SMILES string of the molecule is FC(F)(F)CC=Cc1ccccc1Cl. The van der Waals surface area contributed by atoms with E-state index in [9.17, 15) is 13.2 Å². The zero-order valence-corrected chi connectivity index (χ0v) is 7.94. The molecule has 76 valence electrons. The summed E-state index contributed by atoms with van der Waals surface area (Å²) in [6.07, 6.45) is -2.66. The smallest absolute Gasteiger partial charge is 0.171 e. The summed E-state index contributed by atoms with van der Waals surface area (Å²) >= 11 is 5.74. The fourth-order valence-corrected chi connectivity index (χ4v) is 1.13. The molecule has 0 unspecified atom stereocenters. The van der Waals surface area contributed by atoms with E-state index in [1.54, 1.807) is 24.3 Å². The van der Waals surface area contributed by atoms with Crippen LogP contribution in [-0.4, -0.2) is 6.18 Å². The molecular formula is C10H8ClF3. The monoisotopic (exact) mass is 220 g/mol. The highest BCUT2D eigenvalue weighted by Gasteiger charge is 2.24. The maximum Gasteiger partial charge on any atom is 0.392 e. The van der Waals surface area contributed by atoms with Crippen molar-refractivity contribution in [2.24, 2.45) is 0 Å². The van der Waals surface area contributed by atoms with Crippen molar-refractivity contribution in [1.29, 1.82) is 0 Å². The van der Waals surface area contributed by atoms with Gasteiger partial charge in [0.05, 0.1) is 6.42 Å². The molecule has 0 bridgehead atoms. The fraction of sp³-hybridized carbons (Fsp3) is 0.200. The molecule has 4 heteroatoms. The molecule has 1 aromatic rings. The summed E-state index contributed by atoms with van der Waals surface area (Å²) in [6, 6.07) is 6.74. The average Bonchev–Trinajstić information content (AvgIpc) is 2.06. The first-order valence-electron chi connectivity index (χ1n) is 3.97. The molecule has 0 heterocycles. The molecule has 0 aromatic heterocycles. The molecule has 0 spiro atoms. The van der Waals surface area contributed by atoms with E-state index in [0.717, 1.165) is 6.08 Å². The Hall–Kier alpha value is -0.960. The third kappa shape index (κ3) is 3.83. The van der Waals surface area contributed by atoms with Crippen LogP contribution in [0.5, 0.6) is 0 Å². The van der Waals surface area contributed by atoms with Crippen LogP contribution in [0.15, 0.2) is 30.3 Å². The normalized spacial score (nSPS) is 12.3. The molecule has 0 fully saturated rings. The summed E-state index contributed by atoms with van der Waals surface area (Å²) in [5.41, 5.74) is 0.596. The fourth-order valence-electron chi connectivity index (χ4n) is 0.930. The van der Waals surface area contributed by atoms with Gasteiger partial charge in [-0.05, 0) is 11.6 Å². The van der Waals surface area contributed by atoms with E-state index >= 15 is 0 Å². The molecule has 1 aromatic carbocycles. The molecule has 0 atom stereocenters. The van der Waals surface area contributed by atoms with Crippen LogP contribution in [0.1, 0.15) is 12.0 Å². The van der Waals surface area contributed by atoms with Gasteiger partial charge in [-0.15, -0.1) is 0 Å². The second-order valence-electron chi connectivity index (χ2n) is 2.74. The van der Waals surface area contributed by atoms with Gasteiger partial charge < -0.3 is 0 Å². The first-order valence-corrected chi connectivity index (χ1v) is 4.35. The lowest BCUT2D eigenvalue weighted by Crippen LogP contribution is -2.03. The van der Waals surface area contributed by atoms with Crippen molar-refractivity contribution < 1.29 is 13.2 Å². The van der Waals surface area contributed by atoms with Gasteiger partial charge in [-0.3, -0.25) is 0 Å². The molecule has 0 amide bonds. The van der Waals surface area contributed by atoms with Gasteiger partial charge in [0, 0.05) is 5.02 Å². The highest BCUT2D eigenvalue weighted by atomic mass is 35.5. The van der Waals surface area contributed by atoms with E-state index in [-0.39, 0.29) is 0 Å². The van der Waals surface area contributed by atoms with Gasteiger partial charge in [-0.1, -0.05) is 42.0 Å². The predicted molar refractivity (Wildman–Crippen MR) is 51.2 cm³/mol. The maximum atomic E-state index is 11.8. The Morgan fingerprint density at radius 1 is 1.21 bits per heavy atom. The van der Waals surface area contributed by atoms with E-state index in [1.807, 2.05) is 0 Å². The van der Waals surface area contributed by atoms with Crippen LogP contribution in [0, 0.1) is 0 Å². The van der Waals surface area contributed by atoms with Crippen LogP contribution in [0.4, 0.5) is 13.2 Å². The molecule has 14 heavy (non-hydrogen) atoms. The van der Waals surface area contributed by atoms with Gasteiger partial charge in [0.25, 0.3) is 0 Å². The van der Waals surface area contributed by atoms with Crippen LogP contribution in [0.2, 0.25) is 5.02 Å². The molecule has 0 aliphatic rings. The van der Waals surface area contributed by atoms with Gasteiger partial charge in [0.1, 0.15) is 0 Å². The summed E-state index contributed by atoms with van der Waals surface area (Å²) in [7, 11) is 0. The number of rotatable bonds is 2. The topological polar surface area (TPSA) is 0 Å². The Kier molecular flexibility index (Phi) is 3.58. The second-order valence-corrected chi connectivity index (χ2v) is 3.15. The summed E-state index contributed by atoms with van der Waals surface area (Å²) in [5, 5.41) is 0.450. The summed E-state index contributed by atoms with van der Waals surface area (Å²) in [4.78, 5) is 0. The summed E-state index contributed by atoms with van der Waals surface area (Å²) in [6.45, 7) is 0. The molecule has 0 aliphatic carbocycles. The van der Waals surface area contributed by atoms with Gasteiger partial charge in [-0.25, -0.2) is 0 Å². The van der Waals surface area contributed by atoms with Crippen molar-refractivity contribution in [2.75, 3.05) is 0 Å². The number of hydrogen-bond donors (Lipinski definition) is 0. The lowest BCUT2D eigenvalue weighted by atomic mass is 10.2. The molecule has 0 saturated carbocycles. The lowest BCUT2D eigenvalue weighted by Gasteiger charge is -2.01. The van der Waals surface area contributed by atoms with Crippen LogP contribution in [-0.2, 0) is 0 Å². The molecule has 1 rings (SSSR count). The first kappa shape index (κ1) is 11.1. The Morgan fingerprint density at radius 3 is 2.43 bits per heavy atom. The molecular weight excluding hydrogens is 213 g/mol. The quantitative estimate of drug-likeness (QED) is 0.697. The first-order chi connectivity index (χ1) is 6.49. The highest BCUT2D eigenvalue weighted by Crippen LogP contribution is 2.22. The Morgan fingerprint density at radius 2 is 1.86 bits per heavy atom. The zero-order valence-electron chi connectivity index (χ0n) is 7.18. The van der Waals surface area contributed by atoms with Crippen LogP contribution in [0.25, 0.3) is 6.08 Å². The van der Waals surface area contributed by atoms with Crippen molar-refractivity contribution in [3.63, 3.8) is 0 Å². The van der Waals surface area contributed by atoms with E-state index in [2.05, 4.69) is 0 Å². The largest absolute Gasteiger partial charge is 0.392 e. The molecule has 0 aliphatic heterocycles. The van der Waals surface area contributed by atoms with Crippen molar-refractivity contribution >= 4 is 17.7 Å². The molecule has 0 saturated heterocycles. The number of hydrogen-bond acceptors (Lipinski definition) is 0. The lowest BCUT2D eigenvalue weighted by molar-refractivity contribution is -0.124. The third-order valence-electron chi connectivity index (χ3n) is 1.55. The molecule has 0 radical (unpaired) electrons. The Bertz CT molecular complexity index is 328. The number of allylic oxidation sites excluding steroid dienone is 1.